The van der Waals surface area contributed by atoms with Crippen molar-refractivity contribution in [2.24, 2.45) is 10.7 Å². The minimum absolute atomic E-state index is 0. The van der Waals surface area contributed by atoms with Crippen LogP contribution in [0.5, 0.6) is 5.75 Å². The van der Waals surface area contributed by atoms with E-state index in [1.54, 1.807) is 19.2 Å². The lowest BCUT2D eigenvalue weighted by Crippen LogP contribution is -2.23. The highest BCUT2D eigenvalue weighted by molar-refractivity contribution is 14.0. The van der Waals surface area contributed by atoms with Crippen LogP contribution in [0.1, 0.15) is 5.89 Å². The molecule has 9 heteroatoms. The quantitative estimate of drug-likeness (QED) is 0.302. The zero-order valence-electron chi connectivity index (χ0n) is 14.6. The maximum Gasteiger partial charge on any atom is 0.228 e. The monoisotopic (exact) mass is 499 g/mol. The van der Waals surface area contributed by atoms with Gasteiger partial charge in [0.05, 0.1) is 19.3 Å². The molecule has 0 amide bonds. The molecule has 0 saturated heterocycles. The first kappa shape index (κ1) is 21.0. The number of aromatic nitrogens is 2. The summed E-state index contributed by atoms with van der Waals surface area (Å²) in [4.78, 5) is 8.61. The van der Waals surface area contributed by atoms with Crippen molar-refractivity contribution in [3.05, 3.63) is 59.4 Å². The molecule has 0 saturated carbocycles. The molecule has 2 aromatic carbocycles. The number of nitrogens with two attached hydrogens (primary N) is 1. The second kappa shape index (κ2) is 10.1. The molecule has 27 heavy (non-hydrogen) atoms. The van der Waals surface area contributed by atoms with Gasteiger partial charge in [0.1, 0.15) is 5.75 Å². The van der Waals surface area contributed by atoms with Crippen LogP contribution in [0.2, 0.25) is 5.02 Å². The first-order chi connectivity index (χ1) is 12.7. The number of hydrogen-bond acceptors (Lipinski definition) is 5. The maximum absolute atomic E-state index is 5.91. The topological polar surface area (TPSA) is 98.6 Å². The summed E-state index contributed by atoms with van der Waals surface area (Å²) in [6.45, 7) is 0.413. The third kappa shape index (κ3) is 5.83. The highest BCUT2D eigenvalue weighted by Gasteiger charge is 2.08. The summed E-state index contributed by atoms with van der Waals surface area (Å²) >= 11 is 5.87. The van der Waals surface area contributed by atoms with Crippen LogP contribution < -0.4 is 15.8 Å². The summed E-state index contributed by atoms with van der Waals surface area (Å²) in [5.74, 6) is 1.98. The zero-order chi connectivity index (χ0) is 18.4. The van der Waals surface area contributed by atoms with Crippen LogP contribution >= 0.6 is 35.6 Å². The van der Waals surface area contributed by atoms with Crippen molar-refractivity contribution in [1.29, 1.82) is 0 Å². The second-order valence-electron chi connectivity index (χ2n) is 5.36. The standard InChI is InChI=1S/C18H18ClN5O2.HI/c1-25-15-5-3-2-4-14(15)22-18(20)21-11-10-16-23-17(24-26-16)12-6-8-13(19)9-7-12;/h2-9H,10-11H2,1H3,(H3,20,21,22);1H. The molecule has 0 unspecified atom stereocenters. The summed E-state index contributed by atoms with van der Waals surface area (Å²) in [6.07, 6.45) is 0.481. The molecule has 0 aliphatic heterocycles. The Kier molecular flexibility index (Phi) is 7.86. The Labute approximate surface area is 179 Å². The van der Waals surface area contributed by atoms with E-state index in [0.717, 1.165) is 11.3 Å². The van der Waals surface area contributed by atoms with Crippen LogP contribution in [-0.4, -0.2) is 29.8 Å². The van der Waals surface area contributed by atoms with Crippen LogP contribution in [-0.2, 0) is 6.42 Å². The molecule has 1 aromatic heterocycles. The van der Waals surface area contributed by atoms with Crippen LogP contribution in [0, 0.1) is 0 Å². The molecule has 0 spiro atoms. The number of para-hydroxylation sites is 2. The Morgan fingerprint density at radius 2 is 1.96 bits per heavy atom. The highest BCUT2D eigenvalue weighted by atomic mass is 127. The molecule has 0 fully saturated rings. The molecule has 142 valence electrons. The molecular formula is C18H19ClIN5O2. The van der Waals surface area contributed by atoms with Crippen molar-refractivity contribution in [2.45, 2.75) is 6.42 Å². The van der Waals surface area contributed by atoms with Gasteiger partial charge in [0.25, 0.3) is 0 Å². The van der Waals surface area contributed by atoms with Gasteiger partial charge in [-0.3, -0.25) is 4.99 Å². The van der Waals surface area contributed by atoms with E-state index in [4.69, 9.17) is 26.6 Å². The van der Waals surface area contributed by atoms with Crippen molar-refractivity contribution in [1.82, 2.24) is 10.1 Å². The smallest absolute Gasteiger partial charge is 0.228 e. The third-order valence-corrected chi connectivity index (χ3v) is 3.80. The molecule has 0 aliphatic carbocycles. The maximum atomic E-state index is 5.91. The van der Waals surface area contributed by atoms with Gasteiger partial charge in [-0.2, -0.15) is 4.98 Å². The number of aliphatic imine (C=N–C) groups is 1. The lowest BCUT2D eigenvalue weighted by atomic mass is 10.2. The van der Waals surface area contributed by atoms with Crippen molar-refractivity contribution in [3.63, 3.8) is 0 Å². The predicted octanol–water partition coefficient (Wildman–Crippen LogP) is 3.99. The van der Waals surface area contributed by atoms with Gasteiger partial charge >= 0.3 is 0 Å². The van der Waals surface area contributed by atoms with E-state index in [2.05, 4.69) is 20.4 Å². The van der Waals surface area contributed by atoms with E-state index in [0.29, 0.717) is 35.5 Å². The summed E-state index contributed by atoms with van der Waals surface area (Å²) in [5, 5.41) is 7.63. The first-order valence-corrected chi connectivity index (χ1v) is 8.32. The van der Waals surface area contributed by atoms with E-state index in [1.165, 1.54) is 0 Å². The van der Waals surface area contributed by atoms with Gasteiger partial charge in [-0.05, 0) is 36.4 Å². The molecular weight excluding hydrogens is 481 g/mol. The van der Waals surface area contributed by atoms with Gasteiger partial charge < -0.3 is 20.3 Å². The summed E-state index contributed by atoms with van der Waals surface area (Å²) in [5.41, 5.74) is 7.50. The van der Waals surface area contributed by atoms with E-state index < -0.39 is 0 Å². The molecule has 3 rings (SSSR count). The Morgan fingerprint density at radius 1 is 1.22 bits per heavy atom. The number of anilines is 1. The molecule has 3 aromatic rings. The molecule has 0 bridgehead atoms. The highest BCUT2D eigenvalue weighted by Crippen LogP contribution is 2.22. The fourth-order valence-corrected chi connectivity index (χ4v) is 2.40. The van der Waals surface area contributed by atoms with Crippen molar-refractivity contribution in [2.75, 3.05) is 19.0 Å². The van der Waals surface area contributed by atoms with E-state index in [-0.39, 0.29) is 29.9 Å². The largest absolute Gasteiger partial charge is 0.495 e. The molecule has 7 nitrogen and oxygen atoms in total. The van der Waals surface area contributed by atoms with Crippen LogP contribution in [0.4, 0.5) is 5.69 Å². The van der Waals surface area contributed by atoms with Crippen LogP contribution in [0.25, 0.3) is 11.4 Å². The average molecular weight is 500 g/mol. The molecule has 1 heterocycles. The Hall–Kier alpha value is -2.33. The van der Waals surface area contributed by atoms with Crippen LogP contribution in [0.3, 0.4) is 0 Å². The normalized spacial score (nSPS) is 11.0. The van der Waals surface area contributed by atoms with Crippen molar-refractivity contribution >= 4 is 47.2 Å². The number of guanidine groups is 1. The lowest BCUT2D eigenvalue weighted by molar-refractivity contribution is 0.380. The second-order valence-corrected chi connectivity index (χ2v) is 5.80. The first-order valence-electron chi connectivity index (χ1n) is 7.94. The number of nitrogens with one attached hydrogen (secondary N) is 1. The number of halogens is 2. The predicted molar refractivity (Wildman–Crippen MR) is 117 cm³/mol. The van der Waals surface area contributed by atoms with Crippen LogP contribution in [0.15, 0.2) is 58.0 Å². The van der Waals surface area contributed by atoms with Crippen molar-refractivity contribution in [3.8, 4) is 17.1 Å². The zero-order valence-corrected chi connectivity index (χ0v) is 17.6. The minimum Gasteiger partial charge on any atom is -0.495 e. The summed E-state index contributed by atoms with van der Waals surface area (Å²) < 4.78 is 10.5. The fourth-order valence-electron chi connectivity index (χ4n) is 2.27. The number of nitrogens with zero attached hydrogens (tertiary/aromatic N) is 3. The van der Waals surface area contributed by atoms with Gasteiger partial charge in [-0.15, -0.1) is 24.0 Å². The Balaban J connectivity index is 0.00000261. The van der Waals surface area contributed by atoms with Gasteiger partial charge in [0, 0.05) is 17.0 Å². The van der Waals surface area contributed by atoms with E-state index >= 15 is 0 Å². The molecule has 3 N–H and O–H groups in total. The number of hydrogen-bond donors (Lipinski definition) is 2. The molecule has 0 radical (unpaired) electrons. The minimum atomic E-state index is 0. The number of benzene rings is 2. The molecule has 0 atom stereocenters. The summed E-state index contributed by atoms with van der Waals surface area (Å²) in [7, 11) is 1.60. The SMILES string of the molecule is COc1ccccc1NC(N)=NCCc1nc(-c2ccc(Cl)cc2)no1.I. The van der Waals surface area contributed by atoms with Gasteiger partial charge in [-0.1, -0.05) is 28.9 Å². The van der Waals surface area contributed by atoms with Gasteiger partial charge in [0.2, 0.25) is 11.7 Å². The lowest BCUT2D eigenvalue weighted by Gasteiger charge is -2.09. The third-order valence-electron chi connectivity index (χ3n) is 3.55. The average Bonchev–Trinajstić information content (AvgIpc) is 3.11. The molecule has 0 aliphatic rings. The fraction of sp³-hybridized carbons (Fsp3) is 0.167. The number of rotatable bonds is 6. The van der Waals surface area contributed by atoms with Gasteiger partial charge in [-0.25, -0.2) is 0 Å². The summed E-state index contributed by atoms with van der Waals surface area (Å²) in [6, 6.07) is 14.7. The number of methoxy groups -OCH3 is 1. The number of ether oxygens (including phenoxy) is 1. The Bertz CT molecular complexity index is 899. The van der Waals surface area contributed by atoms with E-state index in [9.17, 15) is 0 Å². The van der Waals surface area contributed by atoms with Crippen molar-refractivity contribution < 1.29 is 9.26 Å². The van der Waals surface area contributed by atoms with Gasteiger partial charge in [0.15, 0.2) is 5.96 Å². The Morgan fingerprint density at radius 3 is 2.70 bits per heavy atom. The van der Waals surface area contributed by atoms with E-state index in [1.807, 2.05) is 36.4 Å².